The Morgan fingerprint density at radius 3 is 2.40 bits per heavy atom. The number of hydrogen-bond donors (Lipinski definition) is 1. The summed E-state index contributed by atoms with van der Waals surface area (Å²) in [6.45, 7) is 0.603. The zero-order valence-electron chi connectivity index (χ0n) is 8.67. The molecule has 0 aliphatic heterocycles. The van der Waals surface area contributed by atoms with E-state index in [4.69, 9.17) is 10.5 Å². The normalized spacial score (nSPS) is 12.8. The van der Waals surface area contributed by atoms with Gasteiger partial charge in [0.05, 0.1) is 0 Å². The standard InChI is InChI=1S/C11H15F2NO/c1-15-4-2-3-11(14)8-5-9(12)7-10(13)6-8/h5-7,11H,2-4,14H2,1H3. The first-order chi connectivity index (χ1) is 7.13. The number of nitrogens with two attached hydrogens (primary N) is 1. The van der Waals surface area contributed by atoms with Crippen LogP contribution >= 0.6 is 0 Å². The summed E-state index contributed by atoms with van der Waals surface area (Å²) in [7, 11) is 1.60. The van der Waals surface area contributed by atoms with E-state index in [-0.39, 0.29) is 6.04 Å². The number of halogens is 2. The van der Waals surface area contributed by atoms with Crippen LogP contribution < -0.4 is 5.73 Å². The number of hydrogen-bond acceptors (Lipinski definition) is 2. The summed E-state index contributed by atoms with van der Waals surface area (Å²) in [6, 6.07) is 3.03. The Morgan fingerprint density at radius 1 is 1.27 bits per heavy atom. The fourth-order valence-corrected chi connectivity index (χ4v) is 1.40. The number of benzene rings is 1. The smallest absolute Gasteiger partial charge is 0.126 e. The molecular formula is C11H15F2NO. The van der Waals surface area contributed by atoms with Gasteiger partial charge in [-0.2, -0.15) is 0 Å². The lowest BCUT2D eigenvalue weighted by molar-refractivity contribution is 0.190. The molecule has 0 aliphatic carbocycles. The van der Waals surface area contributed by atoms with Crippen LogP contribution in [0.2, 0.25) is 0 Å². The second kappa shape index (κ2) is 5.78. The summed E-state index contributed by atoms with van der Waals surface area (Å²) < 4.78 is 30.6. The molecule has 0 aliphatic rings. The molecular weight excluding hydrogens is 200 g/mol. The van der Waals surface area contributed by atoms with E-state index in [1.54, 1.807) is 7.11 Å². The van der Waals surface area contributed by atoms with Crippen molar-refractivity contribution < 1.29 is 13.5 Å². The molecule has 0 saturated heterocycles. The van der Waals surface area contributed by atoms with Crippen molar-refractivity contribution in [2.75, 3.05) is 13.7 Å². The minimum atomic E-state index is -0.591. The van der Waals surface area contributed by atoms with Crippen molar-refractivity contribution in [3.63, 3.8) is 0 Å². The van der Waals surface area contributed by atoms with Gasteiger partial charge in [-0.25, -0.2) is 8.78 Å². The van der Waals surface area contributed by atoms with Gasteiger partial charge in [0.2, 0.25) is 0 Å². The molecule has 1 rings (SSSR count). The van der Waals surface area contributed by atoms with Gasteiger partial charge in [-0.15, -0.1) is 0 Å². The lowest BCUT2D eigenvalue weighted by atomic mass is 10.0. The van der Waals surface area contributed by atoms with Crippen LogP contribution in [0.5, 0.6) is 0 Å². The molecule has 84 valence electrons. The van der Waals surface area contributed by atoms with Crippen molar-refractivity contribution in [2.45, 2.75) is 18.9 Å². The second-order valence-corrected chi connectivity index (χ2v) is 3.44. The van der Waals surface area contributed by atoms with E-state index in [2.05, 4.69) is 0 Å². The maximum atomic E-state index is 12.9. The molecule has 0 bridgehead atoms. The van der Waals surface area contributed by atoms with Crippen molar-refractivity contribution in [1.82, 2.24) is 0 Å². The topological polar surface area (TPSA) is 35.2 Å². The van der Waals surface area contributed by atoms with Gasteiger partial charge in [0.1, 0.15) is 11.6 Å². The molecule has 0 heterocycles. The molecule has 1 aromatic rings. The number of ether oxygens (including phenoxy) is 1. The van der Waals surface area contributed by atoms with Crippen LogP contribution in [-0.4, -0.2) is 13.7 Å². The molecule has 15 heavy (non-hydrogen) atoms. The van der Waals surface area contributed by atoms with E-state index < -0.39 is 11.6 Å². The second-order valence-electron chi connectivity index (χ2n) is 3.44. The summed E-state index contributed by atoms with van der Waals surface area (Å²) in [5.41, 5.74) is 6.27. The van der Waals surface area contributed by atoms with Crippen LogP contribution in [0.3, 0.4) is 0 Å². The average Bonchev–Trinajstić information content (AvgIpc) is 2.16. The molecule has 2 nitrogen and oxygen atoms in total. The fraction of sp³-hybridized carbons (Fsp3) is 0.455. The van der Waals surface area contributed by atoms with Gasteiger partial charge in [-0.05, 0) is 30.5 Å². The Labute approximate surface area is 88.0 Å². The van der Waals surface area contributed by atoms with Crippen molar-refractivity contribution in [3.05, 3.63) is 35.4 Å². The van der Waals surface area contributed by atoms with Gasteiger partial charge in [0.15, 0.2) is 0 Å². The van der Waals surface area contributed by atoms with Crippen molar-refractivity contribution in [2.24, 2.45) is 5.73 Å². The van der Waals surface area contributed by atoms with Gasteiger partial charge < -0.3 is 10.5 Å². The molecule has 1 aromatic carbocycles. The third-order valence-corrected chi connectivity index (χ3v) is 2.18. The zero-order valence-corrected chi connectivity index (χ0v) is 8.67. The highest BCUT2D eigenvalue weighted by Gasteiger charge is 2.08. The number of methoxy groups -OCH3 is 1. The van der Waals surface area contributed by atoms with E-state index in [1.807, 2.05) is 0 Å². The maximum Gasteiger partial charge on any atom is 0.126 e. The van der Waals surface area contributed by atoms with Crippen LogP contribution in [-0.2, 0) is 4.74 Å². The number of rotatable bonds is 5. The van der Waals surface area contributed by atoms with Crippen molar-refractivity contribution in [3.8, 4) is 0 Å². The molecule has 0 amide bonds. The molecule has 1 unspecified atom stereocenters. The van der Waals surface area contributed by atoms with Crippen molar-refractivity contribution in [1.29, 1.82) is 0 Å². The summed E-state index contributed by atoms with van der Waals surface area (Å²) in [4.78, 5) is 0. The van der Waals surface area contributed by atoms with Gasteiger partial charge in [0.25, 0.3) is 0 Å². The first-order valence-electron chi connectivity index (χ1n) is 4.84. The summed E-state index contributed by atoms with van der Waals surface area (Å²) in [5.74, 6) is -1.18. The maximum absolute atomic E-state index is 12.9. The van der Waals surface area contributed by atoms with E-state index in [0.29, 0.717) is 18.6 Å². The quantitative estimate of drug-likeness (QED) is 0.765. The van der Waals surface area contributed by atoms with Gasteiger partial charge >= 0.3 is 0 Å². The lowest BCUT2D eigenvalue weighted by Crippen LogP contribution is -2.11. The van der Waals surface area contributed by atoms with Crippen LogP contribution in [0.15, 0.2) is 18.2 Å². The van der Waals surface area contributed by atoms with Crippen LogP contribution in [0.4, 0.5) is 8.78 Å². The highest BCUT2D eigenvalue weighted by Crippen LogP contribution is 2.18. The van der Waals surface area contributed by atoms with Crippen LogP contribution in [0, 0.1) is 11.6 Å². The zero-order chi connectivity index (χ0) is 11.3. The van der Waals surface area contributed by atoms with Gasteiger partial charge in [-0.1, -0.05) is 0 Å². The van der Waals surface area contributed by atoms with Crippen LogP contribution in [0.25, 0.3) is 0 Å². The Morgan fingerprint density at radius 2 is 1.87 bits per heavy atom. The molecule has 1 atom stereocenters. The highest BCUT2D eigenvalue weighted by atomic mass is 19.1. The predicted octanol–water partition coefficient (Wildman–Crippen LogP) is 2.39. The Bertz CT molecular complexity index is 297. The fourth-order valence-electron chi connectivity index (χ4n) is 1.40. The summed E-state index contributed by atoms with van der Waals surface area (Å²) in [5, 5.41) is 0. The summed E-state index contributed by atoms with van der Waals surface area (Å²) >= 11 is 0. The largest absolute Gasteiger partial charge is 0.385 e. The van der Waals surface area contributed by atoms with Crippen LogP contribution in [0.1, 0.15) is 24.4 Å². The Balaban J connectivity index is 2.60. The van der Waals surface area contributed by atoms with E-state index >= 15 is 0 Å². The third kappa shape index (κ3) is 3.93. The molecule has 0 spiro atoms. The Kier molecular flexibility index (Phi) is 4.65. The molecule has 2 N–H and O–H groups in total. The SMILES string of the molecule is COCCCC(N)c1cc(F)cc(F)c1. The first-order valence-corrected chi connectivity index (χ1v) is 4.84. The molecule has 0 fully saturated rings. The van der Waals surface area contributed by atoms with Gasteiger partial charge in [-0.3, -0.25) is 0 Å². The van der Waals surface area contributed by atoms with E-state index in [1.165, 1.54) is 12.1 Å². The average molecular weight is 215 g/mol. The Hall–Kier alpha value is -1.00. The highest BCUT2D eigenvalue weighted by molar-refractivity contribution is 5.20. The van der Waals surface area contributed by atoms with E-state index in [9.17, 15) is 8.78 Å². The molecule has 0 saturated carbocycles. The molecule has 0 radical (unpaired) electrons. The minimum Gasteiger partial charge on any atom is -0.385 e. The van der Waals surface area contributed by atoms with Crippen molar-refractivity contribution >= 4 is 0 Å². The first kappa shape index (κ1) is 12.1. The van der Waals surface area contributed by atoms with Gasteiger partial charge in [0, 0.05) is 25.8 Å². The lowest BCUT2D eigenvalue weighted by Gasteiger charge is -2.11. The monoisotopic (exact) mass is 215 g/mol. The summed E-state index contributed by atoms with van der Waals surface area (Å²) in [6.07, 6.45) is 1.42. The molecule has 0 aromatic heterocycles. The molecule has 4 heteroatoms. The van der Waals surface area contributed by atoms with E-state index in [0.717, 1.165) is 12.5 Å². The minimum absolute atomic E-state index is 0.342. The third-order valence-electron chi connectivity index (χ3n) is 2.18. The predicted molar refractivity (Wildman–Crippen MR) is 54.4 cm³/mol.